The minimum absolute atomic E-state index is 0.0672. The Bertz CT molecular complexity index is 1330. The third-order valence-corrected chi connectivity index (χ3v) is 6.35. The number of carbonyl (C=O) groups excluding carboxylic acids is 4. The normalized spacial score (nSPS) is 13.1. The number of nitrogens with one attached hydrogen (secondary N) is 3. The van der Waals surface area contributed by atoms with Crippen LogP contribution in [0.4, 0.5) is 4.79 Å². The molecule has 44 heavy (non-hydrogen) atoms. The fourth-order valence-corrected chi connectivity index (χ4v) is 4.37. The van der Waals surface area contributed by atoms with E-state index in [2.05, 4.69) is 25.9 Å². The molecule has 2 aromatic carbocycles. The van der Waals surface area contributed by atoms with Gasteiger partial charge in [0.1, 0.15) is 24.0 Å². The van der Waals surface area contributed by atoms with Crippen molar-refractivity contribution in [1.82, 2.24) is 16.0 Å². The van der Waals surface area contributed by atoms with E-state index in [9.17, 15) is 19.2 Å². The SMILES string of the molecule is CC(C)(C)OC(=O)N[C@H](CCCN=C(N)N)C(=O)N[C@@H](Cc1cccc2ccccc12)C(=O)N[C@H](C=O)CCCN=C(N)N. The molecule has 0 aliphatic rings. The van der Waals surface area contributed by atoms with Crippen LogP contribution in [-0.2, 0) is 25.5 Å². The van der Waals surface area contributed by atoms with E-state index in [1.807, 2.05) is 42.5 Å². The molecule has 14 nitrogen and oxygen atoms in total. The van der Waals surface area contributed by atoms with E-state index >= 15 is 0 Å². The van der Waals surface area contributed by atoms with Gasteiger partial charge in [0.25, 0.3) is 0 Å². The van der Waals surface area contributed by atoms with Crippen molar-refractivity contribution >= 4 is 46.9 Å². The molecule has 0 aromatic heterocycles. The molecule has 0 unspecified atom stereocenters. The largest absolute Gasteiger partial charge is 0.444 e. The highest BCUT2D eigenvalue weighted by Crippen LogP contribution is 2.20. The van der Waals surface area contributed by atoms with Crippen LogP contribution in [-0.4, -0.2) is 72.9 Å². The number of aliphatic imine (C=N–C) groups is 2. The first kappa shape index (κ1) is 35.3. The van der Waals surface area contributed by atoms with E-state index in [4.69, 9.17) is 27.7 Å². The zero-order valence-electron chi connectivity index (χ0n) is 25.5. The van der Waals surface area contributed by atoms with Crippen molar-refractivity contribution in [1.29, 1.82) is 0 Å². The molecular weight excluding hydrogens is 566 g/mol. The summed E-state index contributed by atoms with van der Waals surface area (Å²) in [6.45, 7) is 5.61. The number of aldehydes is 1. The fraction of sp³-hybridized carbons (Fsp3) is 0.467. The zero-order chi connectivity index (χ0) is 32.7. The first-order chi connectivity index (χ1) is 20.8. The Kier molecular flexibility index (Phi) is 13.9. The van der Waals surface area contributed by atoms with Crippen molar-refractivity contribution in [3.8, 4) is 0 Å². The number of hydrogen-bond acceptors (Lipinski definition) is 7. The minimum Gasteiger partial charge on any atom is -0.444 e. The van der Waals surface area contributed by atoms with Gasteiger partial charge in [-0.25, -0.2) is 4.79 Å². The molecule has 0 aliphatic carbocycles. The number of benzene rings is 2. The first-order valence-corrected chi connectivity index (χ1v) is 14.4. The summed E-state index contributed by atoms with van der Waals surface area (Å²) < 4.78 is 5.35. The number of nitrogens with two attached hydrogens (primary N) is 4. The summed E-state index contributed by atoms with van der Waals surface area (Å²) in [7, 11) is 0. The lowest BCUT2D eigenvalue weighted by molar-refractivity contribution is -0.131. The van der Waals surface area contributed by atoms with Gasteiger partial charge in [0, 0.05) is 19.5 Å². The summed E-state index contributed by atoms with van der Waals surface area (Å²) in [6, 6.07) is 10.4. The van der Waals surface area contributed by atoms with Crippen molar-refractivity contribution in [3.63, 3.8) is 0 Å². The highest BCUT2D eigenvalue weighted by Gasteiger charge is 2.29. The lowest BCUT2D eigenvalue weighted by atomic mass is 9.97. The molecule has 3 amide bonds. The van der Waals surface area contributed by atoms with E-state index in [1.54, 1.807) is 20.8 Å². The number of ether oxygens (including phenoxy) is 1. The minimum atomic E-state index is -1.09. The van der Waals surface area contributed by atoms with Crippen LogP contribution >= 0.6 is 0 Å². The van der Waals surface area contributed by atoms with E-state index in [0.29, 0.717) is 19.1 Å². The highest BCUT2D eigenvalue weighted by atomic mass is 16.6. The predicted octanol–water partition coefficient (Wildman–Crippen LogP) is 0.551. The van der Waals surface area contributed by atoms with Crippen LogP contribution in [0.25, 0.3) is 10.8 Å². The van der Waals surface area contributed by atoms with Crippen LogP contribution in [0.5, 0.6) is 0 Å². The number of fused-ring (bicyclic) bond motifs is 1. The van der Waals surface area contributed by atoms with Crippen LogP contribution in [0.2, 0.25) is 0 Å². The zero-order valence-corrected chi connectivity index (χ0v) is 25.5. The summed E-state index contributed by atoms with van der Waals surface area (Å²) in [5, 5.41) is 9.96. The summed E-state index contributed by atoms with van der Waals surface area (Å²) in [5.41, 5.74) is 21.5. The molecule has 2 aromatic rings. The lowest BCUT2D eigenvalue weighted by Gasteiger charge is -2.26. The second kappa shape index (κ2) is 17.3. The number of rotatable bonds is 16. The van der Waals surface area contributed by atoms with Gasteiger partial charge >= 0.3 is 6.09 Å². The molecule has 0 heterocycles. The Balaban J connectivity index is 2.32. The third-order valence-electron chi connectivity index (χ3n) is 6.35. The number of nitrogens with zero attached hydrogens (tertiary/aromatic N) is 2. The predicted molar refractivity (Wildman–Crippen MR) is 171 cm³/mol. The van der Waals surface area contributed by atoms with E-state index in [1.165, 1.54) is 0 Å². The van der Waals surface area contributed by atoms with Gasteiger partial charge in [0.05, 0.1) is 6.04 Å². The molecular formula is C30H45N9O5. The van der Waals surface area contributed by atoms with Crippen LogP contribution in [0.15, 0.2) is 52.4 Å². The number of amides is 3. The Morgan fingerprint density at radius 3 is 2.02 bits per heavy atom. The lowest BCUT2D eigenvalue weighted by Crippen LogP contribution is -2.56. The molecule has 14 heteroatoms. The van der Waals surface area contributed by atoms with Gasteiger partial charge in [-0.2, -0.15) is 0 Å². The van der Waals surface area contributed by atoms with Gasteiger partial charge in [0.15, 0.2) is 11.9 Å². The van der Waals surface area contributed by atoms with Gasteiger partial charge in [-0.3, -0.25) is 19.6 Å². The van der Waals surface area contributed by atoms with Crippen molar-refractivity contribution in [3.05, 3.63) is 48.0 Å². The molecule has 0 radical (unpaired) electrons. The standard InChI is InChI=1S/C30H45N9O5/c1-30(2,3)44-29(43)39-23(14-8-16-36-28(33)34)25(41)38-24(17-20-11-6-10-19-9-4-5-13-22(19)20)26(42)37-21(18-40)12-7-15-35-27(31)32/h4-6,9-11,13,18,21,23-24H,7-8,12,14-17H2,1-3H3,(H,37,42)(H,38,41)(H,39,43)(H4,31,32,35)(H4,33,34,36)/t21-,23+,24-/m0/s1. The third kappa shape index (κ3) is 13.0. The Morgan fingerprint density at radius 2 is 1.41 bits per heavy atom. The monoisotopic (exact) mass is 611 g/mol. The van der Waals surface area contributed by atoms with Gasteiger partial charge in [-0.1, -0.05) is 42.5 Å². The summed E-state index contributed by atoms with van der Waals surface area (Å²) >= 11 is 0. The average Bonchev–Trinajstić information content (AvgIpc) is 2.94. The molecule has 2 rings (SSSR count). The maximum Gasteiger partial charge on any atom is 0.408 e. The van der Waals surface area contributed by atoms with E-state index < -0.39 is 41.6 Å². The van der Waals surface area contributed by atoms with E-state index in [-0.39, 0.29) is 44.3 Å². The van der Waals surface area contributed by atoms with Crippen molar-refractivity contribution < 1.29 is 23.9 Å². The molecule has 0 aliphatic heterocycles. The average molecular weight is 612 g/mol. The Hall–Kier alpha value is -4.88. The first-order valence-electron chi connectivity index (χ1n) is 14.4. The maximum atomic E-state index is 13.6. The molecule has 240 valence electrons. The summed E-state index contributed by atoms with van der Waals surface area (Å²) in [5.74, 6) is -1.35. The highest BCUT2D eigenvalue weighted by molar-refractivity contribution is 5.93. The molecule has 0 fully saturated rings. The fourth-order valence-electron chi connectivity index (χ4n) is 4.37. The van der Waals surface area contributed by atoms with Crippen molar-refractivity contribution in [2.45, 2.75) is 76.6 Å². The van der Waals surface area contributed by atoms with Crippen LogP contribution in [0, 0.1) is 0 Å². The van der Waals surface area contributed by atoms with Gasteiger partial charge < -0.3 is 48.4 Å². The molecule has 0 bridgehead atoms. The molecule has 0 spiro atoms. The maximum absolute atomic E-state index is 13.6. The van der Waals surface area contributed by atoms with Crippen LogP contribution < -0.4 is 38.9 Å². The molecule has 11 N–H and O–H groups in total. The van der Waals surface area contributed by atoms with Crippen LogP contribution in [0.3, 0.4) is 0 Å². The van der Waals surface area contributed by atoms with Gasteiger partial charge in [0.2, 0.25) is 11.8 Å². The Labute approximate surface area is 257 Å². The Morgan fingerprint density at radius 1 is 0.818 bits per heavy atom. The van der Waals surface area contributed by atoms with E-state index in [0.717, 1.165) is 16.3 Å². The smallest absolute Gasteiger partial charge is 0.408 e. The van der Waals surface area contributed by atoms with Gasteiger partial charge in [-0.05, 0) is 62.8 Å². The number of guanidine groups is 2. The van der Waals surface area contributed by atoms with Crippen molar-refractivity contribution in [2.75, 3.05) is 13.1 Å². The van der Waals surface area contributed by atoms with Gasteiger partial charge in [-0.15, -0.1) is 0 Å². The number of alkyl carbamates (subject to hydrolysis) is 1. The van der Waals surface area contributed by atoms with Crippen molar-refractivity contribution in [2.24, 2.45) is 32.9 Å². The topological polar surface area (TPSA) is 242 Å². The number of hydrogen-bond donors (Lipinski definition) is 7. The number of carbonyl (C=O) groups is 4. The van der Waals surface area contributed by atoms with Crippen LogP contribution in [0.1, 0.15) is 52.0 Å². The molecule has 0 saturated heterocycles. The second-order valence-corrected chi connectivity index (χ2v) is 11.3. The summed E-state index contributed by atoms with van der Waals surface area (Å²) in [4.78, 5) is 59.4. The summed E-state index contributed by atoms with van der Waals surface area (Å²) in [6.07, 6.45) is 1.19. The second-order valence-electron chi connectivity index (χ2n) is 11.3. The molecule has 0 saturated carbocycles. The molecule has 3 atom stereocenters. The quantitative estimate of drug-likeness (QED) is 0.0605.